The van der Waals surface area contributed by atoms with Gasteiger partial charge in [0.05, 0.1) is 6.54 Å². The number of urea groups is 1. The molecule has 2 heterocycles. The van der Waals surface area contributed by atoms with Gasteiger partial charge in [0.1, 0.15) is 5.52 Å². The van der Waals surface area contributed by atoms with E-state index >= 15 is 0 Å². The molecule has 2 amide bonds. The quantitative estimate of drug-likeness (QED) is 0.591. The molecule has 7 nitrogen and oxygen atoms in total. The summed E-state index contributed by atoms with van der Waals surface area (Å²) in [4.78, 5) is 22.6. The van der Waals surface area contributed by atoms with E-state index < -0.39 is 0 Å². The molecule has 0 aliphatic rings. The van der Waals surface area contributed by atoms with Crippen molar-refractivity contribution >= 4 is 33.8 Å². The Morgan fingerprint density at radius 3 is 2.69 bits per heavy atom. The molecule has 4 rings (SSSR count). The first kappa shape index (κ1) is 16.2. The SMILES string of the molecule is CN(Cc1nc2ccccc2o1)C(=O)Nc1nc(-c2ccccc2)ns1. The summed E-state index contributed by atoms with van der Waals surface area (Å²) >= 11 is 1.14. The minimum Gasteiger partial charge on any atom is -0.439 e. The number of benzene rings is 2. The molecular formula is C18H15N5O2S. The second-order valence-electron chi connectivity index (χ2n) is 5.65. The topological polar surface area (TPSA) is 84.2 Å². The summed E-state index contributed by atoms with van der Waals surface area (Å²) in [7, 11) is 1.67. The van der Waals surface area contributed by atoms with Crippen LogP contribution >= 0.6 is 11.5 Å². The Bertz CT molecular complexity index is 1010. The largest absolute Gasteiger partial charge is 0.439 e. The van der Waals surface area contributed by atoms with Gasteiger partial charge in [0.15, 0.2) is 11.4 Å². The van der Waals surface area contributed by atoms with Gasteiger partial charge >= 0.3 is 6.03 Å². The van der Waals surface area contributed by atoms with Gasteiger partial charge in [-0.15, -0.1) is 0 Å². The van der Waals surface area contributed by atoms with Gasteiger partial charge in [-0.25, -0.2) is 9.78 Å². The van der Waals surface area contributed by atoms with Crippen LogP contribution in [0.4, 0.5) is 9.93 Å². The van der Waals surface area contributed by atoms with Crippen LogP contribution in [0.15, 0.2) is 59.0 Å². The number of para-hydroxylation sites is 2. The first-order valence-corrected chi connectivity index (χ1v) is 8.72. The number of hydrogen-bond donors (Lipinski definition) is 1. The molecular weight excluding hydrogens is 350 g/mol. The number of nitrogens with zero attached hydrogens (tertiary/aromatic N) is 4. The van der Waals surface area contributed by atoms with Crippen LogP contribution in [-0.2, 0) is 6.54 Å². The summed E-state index contributed by atoms with van der Waals surface area (Å²) < 4.78 is 9.92. The average molecular weight is 365 g/mol. The van der Waals surface area contributed by atoms with Gasteiger partial charge in [-0.1, -0.05) is 42.5 Å². The number of rotatable bonds is 4. The molecule has 130 valence electrons. The van der Waals surface area contributed by atoms with Crippen molar-refractivity contribution in [1.82, 2.24) is 19.2 Å². The Balaban J connectivity index is 1.42. The molecule has 0 spiro atoms. The van der Waals surface area contributed by atoms with Crippen molar-refractivity contribution in [3.8, 4) is 11.4 Å². The summed E-state index contributed by atoms with van der Waals surface area (Å²) in [5, 5.41) is 3.19. The van der Waals surface area contributed by atoms with Crippen molar-refractivity contribution in [2.45, 2.75) is 6.54 Å². The molecule has 0 unspecified atom stereocenters. The van der Waals surface area contributed by atoms with Crippen LogP contribution in [0.2, 0.25) is 0 Å². The lowest BCUT2D eigenvalue weighted by Crippen LogP contribution is -2.30. The van der Waals surface area contributed by atoms with Gasteiger partial charge in [0, 0.05) is 24.1 Å². The molecule has 0 aliphatic carbocycles. The van der Waals surface area contributed by atoms with Crippen LogP contribution in [0.1, 0.15) is 5.89 Å². The standard InChI is InChI=1S/C18H15N5O2S/c1-23(11-15-19-13-9-5-6-10-14(13)25-15)18(24)21-17-20-16(22-26-17)12-7-3-2-4-8-12/h2-10H,11H2,1H3,(H,20,21,22,24). The highest BCUT2D eigenvalue weighted by Gasteiger charge is 2.15. The minimum atomic E-state index is -0.303. The zero-order valence-corrected chi connectivity index (χ0v) is 14.7. The lowest BCUT2D eigenvalue weighted by molar-refractivity contribution is 0.216. The van der Waals surface area contributed by atoms with Gasteiger partial charge in [-0.2, -0.15) is 9.36 Å². The number of carbonyl (C=O) groups is 1. The van der Waals surface area contributed by atoms with E-state index in [9.17, 15) is 4.79 Å². The maximum absolute atomic E-state index is 12.4. The molecule has 1 N–H and O–H groups in total. The van der Waals surface area contributed by atoms with Crippen molar-refractivity contribution in [3.05, 3.63) is 60.5 Å². The van der Waals surface area contributed by atoms with E-state index in [2.05, 4.69) is 19.7 Å². The summed E-state index contributed by atoms with van der Waals surface area (Å²) in [5.41, 5.74) is 2.38. The molecule has 0 atom stereocenters. The fourth-order valence-electron chi connectivity index (χ4n) is 2.43. The van der Waals surface area contributed by atoms with E-state index in [1.807, 2.05) is 54.6 Å². The highest BCUT2D eigenvalue weighted by molar-refractivity contribution is 7.10. The zero-order chi connectivity index (χ0) is 17.9. The number of nitrogens with one attached hydrogen (secondary N) is 1. The number of carbonyl (C=O) groups excluding carboxylic acids is 1. The van der Waals surface area contributed by atoms with Crippen molar-refractivity contribution in [2.75, 3.05) is 12.4 Å². The van der Waals surface area contributed by atoms with Crippen molar-refractivity contribution < 1.29 is 9.21 Å². The maximum atomic E-state index is 12.4. The summed E-state index contributed by atoms with van der Waals surface area (Å²) in [5.74, 6) is 1.07. The van der Waals surface area contributed by atoms with Crippen LogP contribution in [0.5, 0.6) is 0 Å². The van der Waals surface area contributed by atoms with E-state index in [4.69, 9.17) is 4.42 Å². The Labute approximate surface area is 153 Å². The third-order valence-electron chi connectivity index (χ3n) is 3.73. The molecule has 2 aromatic carbocycles. The van der Waals surface area contributed by atoms with Crippen LogP contribution < -0.4 is 5.32 Å². The Morgan fingerprint density at radius 2 is 1.88 bits per heavy atom. The first-order chi connectivity index (χ1) is 12.7. The number of fused-ring (bicyclic) bond motifs is 1. The van der Waals surface area contributed by atoms with E-state index in [-0.39, 0.29) is 12.6 Å². The predicted molar refractivity (Wildman–Crippen MR) is 99.8 cm³/mol. The first-order valence-electron chi connectivity index (χ1n) is 7.95. The van der Waals surface area contributed by atoms with E-state index in [1.54, 1.807) is 7.05 Å². The minimum absolute atomic E-state index is 0.255. The smallest absolute Gasteiger partial charge is 0.323 e. The van der Waals surface area contributed by atoms with Gasteiger partial charge < -0.3 is 9.32 Å². The molecule has 0 bridgehead atoms. The average Bonchev–Trinajstić information content (AvgIpc) is 3.28. The molecule has 0 radical (unpaired) electrons. The molecule has 4 aromatic rings. The number of oxazole rings is 1. The lowest BCUT2D eigenvalue weighted by Gasteiger charge is -2.14. The van der Waals surface area contributed by atoms with Crippen LogP contribution in [0, 0.1) is 0 Å². The Morgan fingerprint density at radius 1 is 1.12 bits per heavy atom. The molecule has 0 saturated heterocycles. The van der Waals surface area contributed by atoms with Crippen molar-refractivity contribution in [1.29, 1.82) is 0 Å². The highest BCUT2D eigenvalue weighted by atomic mass is 32.1. The summed E-state index contributed by atoms with van der Waals surface area (Å²) in [6.45, 7) is 0.255. The second-order valence-corrected chi connectivity index (χ2v) is 6.40. The third kappa shape index (κ3) is 3.40. The van der Waals surface area contributed by atoms with Crippen LogP contribution in [0.3, 0.4) is 0 Å². The number of anilines is 1. The normalized spacial score (nSPS) is 10.8. The fourth-order valence-corrected chi connectivity index (χ4v) is 3.01. The number of hydrogen-bond acceptors (Lipinski definition) is 6. The third-order valence-corrected chi connectivity index (χ3v) is 4.36. The zero-order valence-electron chi connectivity index (χ0n) is 13.9. The van der Waals surface area contributed by atoms with Crippen molar-refractivity contribution in [2.24, 2.45) is 0 Å². The summed E-state index contributed by atoms with van der Waals surface area (Å²) in [6, 6.07) is 16.8. The number of amides is 2. The molecule has 26 heavy (non-hydrogen) atoms. The highest BCUT2D eigenvalue weighted by Crippen LogP contribution is 2.21. The van der Waals surface area contributed by atoms with Crippen LogP contribution in [-0.4, -0.2) is 32.3 Å². The van der Waals surface area contributed by atoms with Gasteiger partial charge in [0.25, 0.3) is 0 Å². The van der Waals surface area contributed by atoms with Gasteiger partial charge in [0.2, 0.25) is 11.0 Å². The van der Waals surface area contributed by atoms with Gasteiger partial charge in [-0.05, 0) is 12.1 Å². The molecule has 2 aromatic heterocycles. The maximum Gasteiger partial charge on any atom is 0.323 e. The molecule has 0 fully saturated rings. The van der Waals surface area contributed by atoms with E-state index in [1.165, 1.54) is 4.90 Å². The Hall–Kier alpha value is -3.26. The Kier molecular flexibility index (Phi) is 4.32. The fraction of sp³-hybridized carbons (Fsp3) is 0.111. The lowest BCUT2D eigenvalue weighted by atomic mass is 10.2. The molecule has 0 saturated carbocycles. The second kappa shape index (κ2) is 6.93. The molecule has 0 aliphatic heterocycles. The summed E-state index contributed by atoms with van der Waals surface area (Å²) in [6.07, 6.45) is 0. The number of aromatic nitrogens is 3. The van der Waals surface area contributed by atoms with E-state index in [0.29, 0.717) is 22.4 Å². The van der Waals surface area contributed by atoms with Gasteiger partial charge in [-0.3, -0.25) is 5.32 Å². The van der Waals surface area contributed by atoms with Crippen LogP contribution in [0.25, 0.3) is 22.5 Å². The molecule has 8 heteroatoms. The monoisotopic (exact) mass is 365 g/mol. The van der Waals surface area contributed by atoms with E-state index in [0.717, 1.165) is 22.6 Å². The predicted octanol–water partition coefficient (Wildman–Crippen LogP) is 4.01. The van der Waals surface area contributed by atoms with Crippen molar-refractivity contribution in [3.63, 3.8) is 0 Å².